The molecule has 1 fully saturated rings. The molecule has 0 aromatic carbocycles. The average Bonchev–Trinajstić information content (AvgIpc) is 3.03. The van der Waals surface area contributed by atoms with E-state index in [1.165, 1.54) is 11.1 Å². The van der Waals surface area contributed by atoms with Gasteiger partial charge in [0, 0.05) is 31.1 Å². The van der Waals surface area contributed by atoms with E-state index in [0.29, 0.717) is 5.56 Å². The molecule has 0 atom stereocenters. The molecule has 6 heteroatoms. The van der Waals surface area contributed by atoms with Gasteiger partial charge < -0.3 is 14.2 Å². The van der Waals surface area contributed by atoms with Gasteiger partial charge in [0.15, 0.2) is 5.13 Å². The number of anilines is 1. The number of hydrogen-bond donors (Lipinski definition) is 0. The van der Waals surface area contributed by atoms with Gasteiger partial charge in [-0.1, -0.05) is 0 Å². The third kappa shape index (κ3) is 2.95. The Bertz CT molecular complexity index is 601. The normalized spacial score (nSPS) is 16.1. The highest BCUT2D eigenvalue weighted by atomic mass is 32.1. The fourth-order valence-corrected chi connectivity index (χ4v) is 3.43. The molecule has 0 aliphatic carbocycles. The standard InChI is InChI=1S/C15H19N3O2S/c1-11-12(2)21-15(16-11)18-6-3-5-17(7-8-18)14(19)13-4-9-20-10-13/h4,9-10H,3,5-8H2,1-2H3. The zero-order chi connectivity index (χ0) is 14.8. The molecule has 3 heterocycles. The highest BCUT2D eigenvalue weighted by Crippen LogP contribution is 2.26. The summed E-state index contributed by atoms with van der Waals surface area (Å²) in [6.07, 6.45) is 4.01. The second-order valence-electron chi connectivity index (χ2n) is 5.28. The molecule has 1 aliphatic rings. The van der Waals surface area contributed by atoms with Crippen LogP contribution in [0.5, 0.6) is 0 Å². The lowest BCUT2D eigenvalue weighted by molar-refractivity contribution is 0.0766. The number of aryl methyl sites for hydroxylation is 2. The number of hydrogen-bond acceptors (Lipinski definition) is 5. The summed E-state index contributed by atoms with van der Waals surface area (Å²) in [6.45, 7) is 7.42. The summed E-state index contributed by atoms with van der Waals surface area (Å²) in [5, 5.41) is 1.07. The second kappa shape index (κ2) is 5.89. The van der Waals surface area contributed by atoms with Crippen LogP contribution in [0.1, 0.15) is 27.3 Å². The number of amides is 1. The molecule has 3 rings (SSSR count). The first kappa shape index (κ1) is 14.1. The Morgan fingerprint density at radius 1 is 1.29 bits per heavy atom. The summed E-state index contributed by atoms with van der Waals surface area (Å²) in [6, 6.07) is 1.72. The van der Waals surface area contributed by atoms with E-state index in [-0.39, 0.29) is 5.91 Å². The number of nitrogens with zero attached hydrogens (tertiary/aromatic N) is 3. The Morgan fingerprint density at radius 3 is 2.81 bits per heavy atom. The van der Waals surface area contributed by atoms with Crippen LogP contribution >= 0.6 is 11.3 Å². The maximum absolute atomic E-state index is 12.3. The van der Waals surface area contributed by atoms with Crippen molar-refractivity contribution >= 4 is 22.4 Å². The van der Waals surface area contributed by atoms with Gasteiger partial charge >= 0.3 is 0 Å². The number of thiazole rings is 1. The fourth-order valence-electron chi connectivity index (χ4n) is 2.47. The Kier molecular flexibility index (Phi) is 3.96. The maximum Gasteiger partial charge on any atom is 0.257 e. The summed E-state index contributed by atoms with van der Waals surface area (Å²) < 4.78 is 5.00. The van der Waals surface area contributed by atoms with Crippen LogP contribution in [-0.2, 0) is 0 Å². The van der Waals surface area contributed by atoms with Crippen molar-refractivity contribution in [2.75, 3.05) is 31.1 Å². The molecule has 0 spiro atoms. The number of aromatic nitrogens is 1. The van der Waals surface area contributed by atoms with Gasteiger partial charge in [0.25, 0.3) is 5.91 Å². The lowest BCUT2D eigenvalue weighted by atomic mass is 10.3. The Hall–Kier alpha value is -1.82. The summed E-state index contributed by atoms with van der Waals surface area (Å²) in [5.74, 6) is 0.0529. The minimum atomic E-state index is 0.0529. The van der Waals surface area contributed by atoms with E-state index in [2.05, 4.69) is 16.8 Å². The summed E-state index contributed by atoms with van der Waals surface area (Å²) in [7, 11) is 0. The second-order valence-corrected chi connectivity index (χ2v) is 6.46. The van der Waals surface area contributed by atoms with E-state index >= 15 is 0 Å². The Morgan fingerprint density at radius 2 is 2.14 bits per heavy atom. The Balaban J connectivity index is 1.68. The van der Waals surface area contributed by atoms with Crippen LogP contribution in [0.2, 0.25) is 0 Å². The molecule has 5 nitrogen and oxygen atoms in total. The quantitative estimate of drug-likeness (QED) is 0.856. The number of rotatable bonds is 2. The first-order chi connectivity index (χ1) is 10.1. The number of carbonyl (C=O) groups excluding carboxylic acids is 1. The van der Waals surface area contributed by atoms with Gasteiger partial charge in [0.05, 0.1) is 17.5 Å². The van der Waals surface area contributed by atoms with E-state index in [0.717, 1.165) is 43.4 Å². The van der Waals surface area contributed by atoms with Gasteiger partial charge in [-0.15, -0.1) is 11.3 Å². The van der Waals surface area contributed by atoms with E-state index in [1.54, 1.807) is 23.7 Å². The van der Waals surface area contributed by atoms with Gasteiger partial charge in [-0.25, -0.2) is 4.98 Å². The molecule has 112 valence electrons. The topological polar surface area (TPSA) is 49.6 Å². The lowest BCUT2D eigenvalue weighted by Crippen LogP contribution is -2.35. The molecule has 2 aromatic heterocycles. The third-order valence-corrected chi connectivity index (χ3v) is 4.97. The molecule has 1 amide bonds. The van der Waals surface area contributed by atoms with Crippen molar-refractivity contribution in [3.63, 3.8) is 0 Å². The molecule has 21 heavy (non-hydrogen) atoms. The first-order valence-electron chi connectivity index (χ1n) is 7.15. The van der Waals surface area contributed by atoms with Crippen LogP contribution in [-0.4, -0.2) is 42.0 Å². The summed E-state index contributed by atoms with van der Waals surface area (Å²) in [4.78, 5) is 22.4. The minimum absolute atomic E-state index is 0.0529. The molecule has 0 saturated carbocycles. The predicted octanol–water partition coefficient (Wildman–Crippen LogP) is 2.71. The van der Waals surface area contributed by atoms with Crippen molar-refractivity contribution in [2.45, 2.75) is 20.3 Å². The third-order valence-electron chi connectivity index (χ3n) is 3.84. The van der Waals surface area contributed by atoms with Crippen molar-refractivity contribution in [3.05, 3.63) is 34.7 Å². The molecule has 0 unspecified atom stereocenters. The van der Waals surface area contributed by atoms with Crippen molar-refractivity contribution < 1.29 is 9.21 Å². The average molecular weight is 305 g/mol. The van der Waals surface area contributed by atoms with Gasteiger partial charge in [-0.2, -0.15) is 0 Å². The molecule has 1 aliphatic heterocycles. The SMILES string of the molecule is Cc1nc(N2CCCN(C(=O)c3ccoc3)CC2)sc1C. The van der Waals surface area contributed by atoms with Crippen LogP contribution in [0.3, 0.4) is 0 Å². The summed E-state index contributed by atoms with van der Waals surface area (Å²) in [5.41, 5.74) is 1.73. The van der Waals surface area contributed by atoms with Crippen molar-refractivity contribution in [2.24, 2.45) is 0 Å². The molecule has 0 N–H and O–H groups in total. The molecule has 2 aromatic rings. The van der Waals surface area contributed by atoms with Crippen LogP contribution < -0.4 is 4.90 Å². The predicted molar refractivity (Wildman–Crippen MR) is 83.0 cm³/mol. The van der Waals surface area contributed by atoms with Crippen LogP contribution in [0.15, 0.2) is 23.0 Å². The Labute approximate surface area is 128 Å². The molecule has 0 bridgehead atoms. The van der Waals surface area contributed by atoms with Gasteiger partial charge in [0.1, 0.15) is 6.26 Å². The molecular formula is C15H19N3O2S. The summed E-state index contributed by atoms with van der Waals surface area (Å²) >= 11 is 1.73. The monoisotopic (exact) mass is 305 g/mol. The first-order valence-corrected chi connectivity index (χ1v) is 7.97. The van der Waals surface area contributed by atoms with Gasteiger partial charge in [0.2, 0.25) is 0 Å². The lowest BCUT2D eigenvalue weighted by Gasteiger charge is -2.21. The van der Waals surface area contributed by atoms with Gasteiger partial charge in [-0.05, 0) is 26.3 Å². The largest absolute Gasteiger partial charge is 0.472 e. The molecule has 1 saturated heterocycles. The smallest absolute Gasteiger partial charge is 0.257 e. The minimum Gasteiger partial charge on any atom is -0.472 e. The zero-order valence-corrected chi connectivity index (χ0v) is 13.2. The van der Waals surface area contributed by atoms with Crippen LogP contribution in [0.25, 0.3) is 0 Å². The van der Waals surface area contributed by atoms with Crippen molar-refractivity contribution in [3.8, 4) is 0 Å². The van der Waals surface area contributed by atoms with Crippen LogP contribution in [0.4, 0.5) is 5.13 Å². The van der Waals surface area contributed by atoms with E-state index in [9.17, 15) is 4.79 Å². The van der Waals surface area contributed by atoms with E-state index in [1.807, 2.05) is 11.8 Å². The maximum atomic E-state index is 12.3. The number of carbonyl (C=O) groups is 1. The van der Waals surface area contributed by atoms with Crippen molar-refractivity contribution in [1.82, 2.24) is 9.88 Å². The molecular weight excluding hydrogens is 286 g/mol. The zero-order valence-electron chi connectivity index (χ0n) is 12.3. The van der Waals surface area contributed by atoms with Crippen molar-refractivity contribution in [1.29, 1.82) is 0 Å². The van der Waals surface area contributed by atoms with Gasteiger partial charge in [-0.3, -0.25) is 4.79 Å². The number of furan rings is 1. The molecule has 0 radical (unpaired) electrons. The van der Waals surface area contributed by atoms with E-state index < -0.39 is 0 Å². The van der Waals surface area contributed by atoms with E-state index in [4.69, 9.17) is 4.42 Å². The van der Waals surface area contributed by atoms with Crippen LogP contribution in [0, 0.1) is 13.8 Å². The highest BCUT2D eigenvalue weighted by Gasteiger charge is 2.22. The fraction of sp³-hybridized carbons (Fsp3) is 0.467. The highest BCUT2D eigenvalue weighted by molar-refractivity contribution is 7.15.